The van der Waals surface area contributed by atoms with E-state index >= 15 is 0 Å². The number of hydrogen-bond acceptors (Lipinski definition) is 10. The van der Waals surface area contributed by atoms with Crippen LogP contribution in [0.5, 0.6) is 0 Å². The van der Waals surface area contributed by atoms with E-state index in [2.05, 4.69) is 16.0 Å². The molecule has 0 aliphatic carbocycles. The maximum Gasteiger partial charge on any atom is 0.408 e. The number of carbonyl (C=O) groups excluding carboxylic acids is 6. The standard InChI is InChI=1S/C30H44N4O11/c1-29(2,3)44-23(36)15-13-20(27(40)41)33-25(38)19(12-14-22(31)35)32-26(39)21(16-24(37)45-30(4,5)6)34-28(42)43-17-18-10-8-7-9-11-18/h7-11,19-21H,12-17H2,1-6H3,(H2,31,35)(H,32,39)(H,33,38)(H,34,42)(H,40,41)/t19-,20+,21+/m1/s1. The van der Waals surface area contributed by atoms with Crippen LogP contribution in [0.15, 0.2) is 30.3 Å². The van der Waals surface area contributed by atoms with Crippen molar-refractivity contribution in [2.75, 3.05) is 0 Å². The van der Waals surface area contributed by atoms with Crippen molar-refractivity contribution in [2.45, 2.75) is 110 Å². The number of alkyl carbamates (subject to hydrolysis) is 1. The highest BCUT2D eigenvalue weighted by Gasteiger charge is 2.32. The van der Waals surface area contributed by atoms with Crippen LogP contribution in [0, 0.1) is 0 Å². The van der Waals surface area contributed by atoms with E-state index in [1.54, 1.807) is 71.9 Å². The SMILES string of the molecule is CC(C)(C)OC(=O)CC[C@H](NC(=O)[C@@H](CCC(N)=O)NC(=O)[C@H](CC(=O)OC(C)(C)C)NC(=O)OCc1ccccc1)C(=O)O. The van der Waals surface area contributed by atoms with Crippen molar-refractivity contribution in [3.8, 4) is 0 Å². The van der Waals surface area contributed by atoms with Gasteiger partial charge in [-0.25, -0.2) is 9.59 Å². The summed E-state index contributed by atoms with van der Waals surface area (Å²) in [7, 11) is 0. The third-order valence-electron chi connectivity index (χ3n) is 5.60. The van der Waals surface area contributed by atoms with Crippen molar-refractivity contribution in [1.29, 1.82) is 0 Å². The molecule has 3 atom stereocenters. The predicted molar refractivity (Wildman–Crippen MR) is 159 cm³/mol. The molecular weight excluding hydrogens is 592 g/mol. The predicted octanol–water partition coefficient (Wildman–Crippen LogP) is 1.45. The van der Waals surface area contributed by atoms with Crippen molar-refractivity contribution in [3.05, 3.63) is 35.9 Å². The lowest BCUT2D eigenvalue weighted by atomic mass is 10.1. The van der Waals surface area contributed by atoms with E-state index in [0.717, 1.165) is 0 Å². The molecule has 6 N–H and O–H groups in total. The van der Waals surface area contributed by atoms with Crippen LogP contribution in [-0.4, -0.2) is 76.2 Å². The second-order valence-electron chi connectivity index (χ2n) is 12.1. The van der Waals surface area contributed by atoms with E-state index in [0.29, 0.717) is 5.56 Å². The van der Waals surface area contributed by atoms with Gasteiger partial charge in [-0.3, -0.25) is 24.0 Å². The maximum atomic E-state index is 13.3. The van der Waals surface area contributed by atoms with E-state index in [9.17, 15) is 38.7 Å². The van der Waals surface area contributed by atoms with Crippen LogP contribution in [0.3, 0.4) is 0 Å². The molecule has 0 radical (unpaired) electrons. The second kappa shape index (κ2) is 17.6. The quantitative estimate of drug-likeness (QED) is 0.129. The summed E-state index contributed by atoms with van der Waals surface area (Å²) in [5.74, 6) is -5.84. The number of carboxylic acid groups (broad SMARTS) is 1. The highest BCUT2D eigenvalue weighted by molar-refractivity contribution is 5.94. The summed E-state index contributed by atoms with van der Waals surface area (Å²) in [6.07, 6.45) is -3.09. The van der Waals surface area contributed by atoms with Crippen molar-refractivity contribution in [1.82, 2.24) is 16.0 Å². The summed E-state index contributed by atoms with van der Waals surface area (Å²) in [5, 5.41) is 16.5. The number of carbonyl (C=O) groups is 7. The smallest absolute Gasteiger partial charge is 0.408 e. The van der Waals surface area contributed by atoms with Crippen LogP contribution in [0.25, 0.3) is 0 Å². The number of carboxylic acids is 1. The molecule has 250 valence electrons. The number of nitrogens with two attached hydrogens (primary N) is 1. The third-order valence-corrected chi connectivity index (χ3v) is 5.60. The third kappa shape index (κ3) is 17.3. The zero-order valence-corrected chi connectivity index (χ0v) is 26.5. The highest BCUT2D eigenvalue weighted by atomic mass is 16.6. The first-order valence-electron chi connectivity index (χ1n) is 14.3. The van der Waals surface area contributed by atoms with Gasteiger partial charge in [0.15, 0.2) is 0 Å². The Labute approximate surface area is 261 Å². The molecule has 0 heterocycles. The van der Waals surface area contributed by atoms with Gasteiger partial charge in [0.05, 0.1) is 6.42 Å². The minimum Gasteiger partial charge on any atom is -0.480 e. The second-order valence-corrected chi connectivity index (χ2v) is 12.1. The number of aliphatic carboxylic acids is 1. The summed E-state index contributed by atoms with van der Waals surface area (Å²) >= 11 is 0. The van der Waals surface area contributed by atoms with Crippen molar-refractivity contribution in [3.63, 3.8) is 0 Å². The van der Waals surface area contributed by atoms with Gasteiger partial charge in [-0.2, -0.15) is 0 Å². The minimum absolute atomic E-state index is 0.142. The zero-order valence-electron chi connectivity index (χ0n) is 26.5. The zero-order chi connectivity index (χ0) is 34.4. The molecular formula is C30H44N4O11. The van der Waals surface area contributed by atoms with Crippen LogP contribution in [0.4, 0.5) is 4.79 Å². The van der Waals surface area contributed by atoms with Gasteiger partial charge in [-0.1, -0.05) is 30.3 Å². The van der Waals surface area contributed by atoms with Gasteiger partial charge in [0.25, 0.3) is 0 Å². The Morgan fingerprint density at radius 3 is 1.78 bits per heavy atom. The molecule has 0 unspecified atom stereocenters. The molecule has 0 aliphatic rings. The summed E-state index contributed by atoms with van der Waals surface area (Å²) in [5.41, 5.74) is 4.16. The molecule has 0 bridgehead atoms. The number of benzene rings is 1. The van der Waals surface area contributed by atoms with Crippen LogP contribution >= 0.6 is 0 Å². The van der Waals surface area contributed by atoms with E-state index < -0.39 is 77.5 Å². The van der Waals surface area contributed by atoms with Crippen LogP contribution in [-0.2, 0) is 49.6 Å². The fourth-order valence-corrected chi connectivity index (χ4v) is 3.68. The molecule has 0 aliphatic heterocycles. The molecule has 45 heavy (non-hydrogen) atoms. The molecule has 15 heteroatoms. The molecule has 0 aromatic heterocycles. The lowest BCUT2D eigenvalue weighted by Gasteiger charge is -2.25. The fraction of sp³-hybridized carbons (Fsp3) is 0.567. The summed E-state index contributed by atoms with van der Waals surface area (Å²) < 4.78 is 15.6. The first kappa shape index (κ1) is 38.3. The molecule has 0 saturated carbocycles. The topological polar surface area (TPSA) is 230 Å². The Kier molecular flexibility index (Phi) is 15.0. The van der Waals surface area contributed by atoms with Gasteiger partial charge in [0.1, 0.15) is 35.9 Å². The maximum absolute atomic E-state index is 13.3. The number of esters is 2. The Bertz CT molecular complexity index is 1210. The lowest BCUT2D eigenvalue weighted by molar-refractivity contribution is -0.157. The molecule has 1 rings (SSSR count). The van der Waals surface area contributed by atoms with Gasteiger partial charge in [-0.05, 0) is 59.9 Å². The molecule has 0 fully saturated rings. The van der Waals surface area contributed by atoms with E-state index in [1.165, 1.54) is 0 Å². The average molecular weight is 637 g/mol. The Hall–Kier alpha value is -4.69. The first-order chi connectivity index (χ1) is 20.8. The van der Waals surface area contributed by atoms with E-state index in [1.807, 2.05) is 0 Å². The number of amides is 4. The fourth-order valence-electron chi connectivity index (χ4n) is 3.68. The highest BCUT2D eigenvalue weighted by Crippen LogP contribution is 2.12. The van der Waals surface area contributed by atoms with Gasteiger partial charge in [-0.15, -0.1) is 0 Å². The lowest BCUT2D eigenvalue weighted by Crippen LogP contribution is -2.56. The van der Waals surface area contributed by atoms with Crippen LogP contribution in [0.2, 0.25) is 0 Å². The molecule has 0 spiro atoms. The number of primary amides is 1. The van der Waals surface area contributed by atoms with Gasteiger partial charge >= 0.3 is 24.0 Å². The molecule has 1 aromatic carbocycles. The molecule has 1 aromatic rings. The number of nitrogens with one attached hydrogen (secondary N) is 3. The van der Waals surface area contributed by atoms with Crippen LogP contribution < -0.4 is 21.7 Å². The van der Waals surface area contributed by atoms with Crippen molar-refractivity contribution < 1.29 is 52.9 Å². The largest absolute Gasteiger partial charge is 0.480 e. The first-order valence-corrected chi connectivity index (χ1v) is 14.3. The summed E-state index contributed by atoms with van der Waals surface area (Å²) in [6.45, 7) is 9.59. The van der Waals surface area contributed by atoms with Gasteiger partial charge < -0.3 is 41.0 Å². The Morgan fingerprint density at radius 2 is 1.24 bits per heavy atom. The Morgan fingerprint density at radius 1 is 0.733 bits per heavy atom. The summed E-state index contributed by atoms with van der Waals surface area (Å²) in [6, 6.07) is 4.00. The van der Waals surface area contributed by atoms with Gasteiger partial charge in [0, 0.05) is 12.8 Å². The van der Waals surface area contributed by atoms with Crippen molar-refractivity contribution in [2.24, 2.45) is 5.73 Å². The Balaban J connectivity index is 3.09. The average Bonchev–Trinajstić information content (AvgIpc) is 2.89. The number of ether oxygens (including phenoxy) is 3. The molecule has 4 amide bonds. The van der Waals surface area contributed by atoms with E-state index in [-0.39, 0.29) is 32.3 Å². The normalized spacial score (nSPS) is 13.3. The minimum atomic E-state index is -1.59. The van der Waals surface area contributed by atoms with Gasteiger partial charge in [0.2, 0.25) is 17.7 Å². The van der Waals surface area contributed by atoms with E-state index in [4.69, 9.17) is 19.9 Å². The van der Waals surface area contributed by atoms with Crippen molar-refractivity contribution >= 4 is 41.7 Å². The molecule has 0 saturated heterocycles. The van der Waals surface area contributed by atoms with Crippen LogP contribution in [0.1, 0.15) is 79.2 Å². The number of hydrogen-bond donors (Lipinski definition) is 5. The monoisotopic (exact) mass is 636 g/mol. The summed E-state index contributed by atoms with van der Waals surface area (Å²) in [4.78, 5) is 87.0. The molecule has 15 nitrogen and oxygen atoms in total. The number of rotatable bonds is 16.